The van der Waals surface area contributed by atoms with Gasteiger partial charge in [0, 0.05) is 18.4 Å². The van der Waals surface area contributed by atoms with Crippen molar-refractivity contribution in [3.8, 4) is 28.4 Å². The molecule has 1 heterocycles. The Bertz CT molecular complexity index is 1570. The van der Waals surface area contributed by atoms with E-state index in [0.717, 1.165) is 57.7 Å². The van der Waals surface area contributed by atoms with Crippen LogP contribution in [-0.2, 0) is 24.2 Å². The van der Waals surface area contributed by atoms with E-state index in [1.807, 2.05) is 36.4 Å². The normalized spacial score (nSPS) is 13.1. The largest absolute Gasteiger partial charge is 0.508 e. The molecule has 0 aliphatic carbocycles. The van der Waals surface area contributed by atoms with E-state index in [1.54, 1.807) is 24.3 Å². The third-order valence-electron chi connectivity index (χ3n) is 8.26. The fraction of sp³-hybridized carbons (Fsp3) is 0.421. The molecule has 0 saturated carbocycles. The number of carbonyl (C=O) groups is 1. The van der Waals surface area contributed by atoms with Crippen LogP contribution < -0.4 is 15.3 Å². The summed E-state index contributed by atoms with van der Waals surface area (Å²) >= 11 is 0. The van der Waals surface area contributed by atoms with Gasteiger partial charge in [-0.15, -0.1) is 0 Å². The maximum atomic E-state index is 12.7. The van der Waals surface area contributed by atoms with Gasteiger partial charge in [0.1, 0.15) is 5.75 Å². The monoisotopic (exact) mass is 597 g/mol. The molecule has 0 fully saturated rings. The second kappa shape index (κ2) is 16.2. The average molecular weight is 598 g/mol. The molecule has 1 unspecified atom stereocenters. The second-order valence-electron chi connectivity index (χ2n) is 12.2. The molecule has 4 rings (SSSR count). The summed E-state index contributed by atoms with van der Waals surface area (Å²) in [5.74, 6) is 1.84. The first-order chi connectivity index (χ1) is 21.3. The number of phenols is 2. The van der Waals surface area contributed by atoms with Gasteiger partial charge in [-0.05, 0) is 101 Å². The molecule has 3 aromatic rings. The van der Waals surface area contributed by atoms with Gasteiger partial charge < -0.3 is 20.1 Å². The number of carbonyl (C=O) groups excluding carboxylic acids is 1. The topological polar surface area (TPSA) is 99.4 Å². The van der Waals surface area contributed by atoms with Crippen molar-refractivity contribution in [2.45, 2.75) is 78.7 Å². The first-order valence-electron chi connectivity index (χ1n) is 16.0. The number of aromatic hydroxyl groups is 2. The van der Waals surface area contributed by atoms with Crippen LogP contribution in [0, 0.1) is 11.8 Å². The van der Waals surface area contributed by atoms with Crippen molar-refractivity contribution >= 4 is 11.9 Å². The zero-order valence-corrected chi connectivity index (χ0v) is 26.4. The molecule has 1 atom stereocenters. The third-order valence-corrected chi connectivity index (χ3v) is 8.26. The highest BCUT2D eigenvalue weighted by molar-refractivity contribution is 5.89. The minimum absolute atomic E-state index is 0.0558. The van der Waals surface area contributed by atoms with Crippen LogP contribution in [0.1, 0.15) is 76.0 Å². The number of unbranched alkanes of at least 4 members (excludes halogenated alkanes) is 1. The van der Waals surface area contributed by atoms with Crippen LogP contribution in [-0.4, -0.2) is 34.3 Å². The Morgan fingerprint density at radius 2 is 1.84 bits per heavy atom. The molecule has 234 valence electrons. The number of hydrogen-bond donors (Lipinski definition) is 3. The molecule has 0 spiro atoms. The van der Waals surface area contributed by atoms with Crippen LogP contribution in [0.15, 0.2) is 65.7 Å². The van der Waals surface area contributed by atoms with Crippen molar-refractivity contribution in [1.82, 2.24) is 0 Å². The van der Waals surface area contributed by atoms with Crippen molar-refractivity contribution in [1.29, 1.82) is 0 Å². The predicted octanol–water partition coefficient (Wildman–Crippen LogP) is 6.59. The summed E-state index contributed by atoms with van der Waals surface area (Å²) < 4.78 is 6.02. The summed E-state index contributed by atoms with van der Waals surface area (Å²) in [5.41, 5.74) is 4.42. The first-order valence-corrected chi connectivity index (χ1v) is 16.0. The lowest BCUT2D eigenvalue weighted by molar-refractivity contribution is -0.114. The van der Waals surface area contributed by atoms with Gasteiger partial charge in [0.05, 0.1) is 25.1 Å². The number of benzene rings is 3. The minimum atomic E-state index is -0.111. The zero-order chi connectivity index (χ0) is 31.5. The SMILES string of the molecule is CCCCC(C=CC(=O)CCc1ccc(O)c(OCCc2ccc(O)cc2-c2cc(CO)c3c(c2)=CCN=3)c1)CCC(C)C. The van der Waals surface area contributed by atoms with Crippen molar-refractivity contribution < 1.29 is 24.9 Å². The van der Waals surface area contributed by atoms with Gasteiger partial charge in [-0.2, -0.15) is 0 Å². The van der Waals surface area contributed by atoms with E-state index in [2.05, 4.69) is 31.8 Å². The van der Waals surface area contributed by atoms with Crippen LogP contribution in [0.25, 0.3) is 17.2 Å². The number of aliphatic hydroxyl groups excluding tert-OH is 1. The van der Waals surface area contributed by atoms with Gasteiger partial charge in [-0.25, -0.2) is 0 Å². The quantitative estimate of drug-likeness (QED) is 0.152. The minimum Gasteiger partial charge on any atom is -0.508 e. The van der Waals surface area contributed by atoms with Crippen LogP contribution in [0.3, 0.4) is 0 Å². The van der Waals surface area contributed by atoms with Gasteiger partial charge in [-0.3, -0.25) is 9.79 Å². The second-order valence-corrected chi connectivity index (χ2v) is 12.2. The van der Waals surface area contributed by atoms with E-state index in [1.165, 1.54) is 12.8 Å². The van der Waals surface area contributed by atoms with Crippen LogP contribution in [0.4, 0.5) is 0 Å². The summed E-state index contributed by atoms with van der Waals surface area (Å²) in [7, 11) is 0. The summed E-state index contributed by atoms with van der Waals surface area (Å²) in [5, 5.41) is 32.4. The summed E-state index contributed by atoms with van der Waals surface area (Å²) in [4.78, 5) is 17.2. The van der Waals surface area contributed by atoms with Crippen molar-refractivity contribution in [3.05, 3.63) is 87.9 Å². The lowest BCUT2D eigenvalue weighted by Crippen LogP contribution is -2.26. The van der Waals surface area contributed by atoms with E-state index >= 15 is 0 Å². The number of aryl methyl sites for hydroxylation is 1. The third kappa shape index (κ3) is 9.30. The summed E-state index contributed by atoms with van der Waals surface area (Å²) in [6.45, 7) is 7.48. The lowest BCUT2D eigenvalue weighted by atomic mass is 9.92. The molecule has 6 heteroatoms. The lowest BCUT2D eigenvalue weighted by Gasteiger charge is -2.14. The molecule has 3 N–H and O–H groups in total. The molecule has 0 aromatic heterocycles. The van der Waals surface area contributed by atoms with Gasteiger partial charge in [-0.1, -0.05) is 64.3 Å². The first kappa shape index (κ1) is 33.0. The number of hydrogen-bond acceptors (Lipinski definition) is 6. The standard InChI is InChI=1S/C38H47NO5/c1-4-5-6-27(8-7-26(2)3)9-13-33(41)14-10-28-11-16-36(43)37(21-28)44-20-18-29-12-15-34(42)24-35(29)31-22-30-17-19-39-38(30)32(23-31)25-40/h9,11-13,15-17,21-24,26-27,40,42-43H,4-8,10,14,18-20,25H2,1-3H3. The number of allylic oxidation sites excluding steroid dienone is 2. The van der Waals surface area contributed by atoms with Crippen LogP contribution >= 0.6 is 0 Å². The number of ether oxygens (including phenoxy) is 1. The molecular weight excluding hydrogens is 550 g/mol. The van der Waals surface area contributed by atoms with Gasteiger partial charge in [0.2, 0.25) is 0 Å². The van der Waals surface area contributed by atoms with Crippen molar-refractivity contribution in [2.24, 2.45) is 16.8 Å². The van der Waals surface area contributed by atoms with Crippen LogP contribution in [0.5, 0.6) is 17.2 Å². The number of fused-ring (bicyclic) bond motifs is 1. The van der Waals surface area contributed by atoms with Gasteiger partial charge in [0.15, 0.2) is 17.3 Å². The van der Waals surface area contributed by atoms with E-state index in [0.29, 0.717) is 50.0 Å². The Labute approximate surface area is 261 Å². The molecule has 1 aliphatic rings. The Morgan fingerprint density at radius 3 is 2.61 bits per heavy atom. The molecule has 3 aromatic carbocycles. The smallest absolute Gasteiger partial charge is 0.161 e. The number of rotatable bonds is 17. The molecular formula is C38H47NO5. The molecule has 0 radical (unpaired) electrons. The summed E-state index contributed by atoms with van der Waals surface area (Å²) in [6, 6.07) is 14.5. The highest BCUT2D eigenvalue weighted by Crippen LogP contribution is 2.30. The maximum Gasteiger partial charge on any atom is 0.161 e. The summed E-state index contributed by atoms with van der Waals surface area (Å²) in [6.07, 6.45) is 13.2. The van der Waals surface area contributed by atoms with Crippen LogP contribution in [0.2, 0.25) is 0 Å². The zero-order valence-electron chi connectivity index (χ0n) is 26.4. The van der Waals surface area contributed by atoms with E-state index < -0.39 is 0 Å². The van der Waals surface area contributed by atoms with E-state index in [-0.39, 0.29) is 23.9 Å². The number of aliphatic hydroxyl groups is 1. The fourth-order valence-corrected chi connectivity index (χ4v) is 5.68. The predicted molar refractivity (Wildman–Crippen MR) is 176 cm³/mol. The number of ketones is 1. The average Bonchev–Trinajstić information content (AvgIpc) is 3.50. The van der Waals surface area contributed by atoms with Crippen molar-refractivity contribution in [3.63, 3.8) is 0 Å². The molecule has 0 bridgehead atoms. The van der Waals surface area contributed by atoms with E-state index in [4.69, 9.17) is 4.74 Å². The highest BCUT2D eigenvalue weighted by atomic mass is 16.5. The molecule has 1 aliphatic heterocycles. The van der Waals surface area contributed by atoms with E-state index in [9.17, 15) is 20.1 Å². The molecule has 0 saturated heterocycles. The molecule has 44 heavy (non-hydrogen) atoms. The Hall–Kier alpha value is -3.90. The highest BCUT2D eigenvalue weighted by Gasteiger charge is 2.13. The fourth-order valence-electron chi connectivity index (χ4n) is 5.68. The Kier molecular flexibility index (Phi) is 12.2. The van der Waals surface area contributed by atoms with Gasteiger partial charge >= 0.3 is 0 Å². The molecule has 0 amide bonds. The number of phenolic OH excluding ortho intramolecular Hbond substituents is 2. The molecule has 6 nitrogen and oxygen atoms in total. The van der Waals surface area contributed by atoms with Gasteiger partial charge in [0.25, 0.3) is 0 Å². The maximum absolute atomic E-state index is 12.7. The van der Waals surface area contributed by atoms with Crippen molar-refractivity contribution in [2.75, 3.05) is 13.2 Å². The Morgan fingerprint density at radius 1 is 1.00 bits per heavy atom. The Balaban J connectivity index is 1.38. The number of nitrogens with zero attached hydrogens (tertiary/aromatic N) is 1.